The third-order valence-corrected chi connectivity index (χ3v) is 7.12. The maximum Gasteiger partial charge on any atom is 0.112 e. The highest BCUT2D eigenvalue weighted by Gasteiger charge is 2.30. The van der Waals surface area contributed by atoms with Crippen molar-refractivity contribution in [1.29, 1.82) is 0 Å². The lowest BCUT2D eigenvalue weighted by Crippen LogP contribution is -2.44. The molecule has 5 rings (SSSR count). The molecule has 1 atom stereocenters. The molecule has 2 aromatic heterocycles. The largest absolute Gasteiger partial charge is 0.372 e. The molecule has 2 aliphatic carbocycles. The van der Waals surface area contributed by atoms with Crippen LogP contribution in [0.15, 0.2) is 24.4 Å². The lowest BCUT2D eigenvalue weighted by atomic mass is 9.76. The van der Waals surface area contributed by atoms with Crippen molar-refractivity contribution in [1.82, 2.24) is 25.0 Å². The standard InChI is InChI=1S/C24H33N5/c1-16(29-11-9-28(4)10-12-29)17-5-6-18-14-21(25-20(18)13-17)23-19-7-8-24(2,3)15-22(19)26-27-23/h5-6,14,17,25H,1,7-13,15H2,2-4H3,(H,26,27). The summed E-state index contributed by atoms with van der Waals surface area (Å²) in [7, 11) is 2.20. The summed E-state index contributed by atoms with van der Waals surface area (Å²) in [6, 6.07) is 2.27. The van der Waals surface area contributed by atoms with Gasteiger partial charge in [0.1, 0.15) is 5.69 Å². The first-order valence-electron chi connectivity index (χ1n) is 11.0. The number of hydrogen-bond acceptors (Lipinski definition) is 3. The van der Waals surface area contributed by atoms with Crippen molar-refractivity contribution in [3.05, 3.63) is 46.9 Å². The van der Waals surface area contributed by atoms with Crippen LogP contribution in [0.25, 0.3) is 17.5 Å². The van der Waals surface area contributed by atoms with E-state index in [9.17, 15) is 0 Å². The molecule has 0 amide bonds. The minimum Gasteiger partial charge on any atom is -0.372 e. The molecular formula is C24H33N5. The van der Waals surface area contributed by atoms with Gasteiger partial charge in [0.05, 0.1) is 5.69 Å². The number of allylic oxidation sites excluding steroid dienone is 1. The first-order chi connectivity index (χ1) is 13.9. The van der Waals surface area contributed by atoms with Crippen molar-refractivity contribution in [2.75, 3.05) is 33.2 Å². The van der Waals surface area contributed by atoms with E-state index in [1.54, 1.807) is 0 Å². The fourth-order valence-electron chi connectivity index (χ4n) is 5.09. The molecule has 3 aliphatic rings. The van der Waals surface area contributed by atoms with E-state index in [1.807, 2.05) is 0 Å². The molecule has 1 unspecified atom stereocenters. The number of aromatic nitrogens is 3. The molecule has 2 N–H and O–H groups in total. The normalized spacial score (nSPS) is 23.7. The molecule has 0 aromatic carbocycles. The molecule has 3 heterocycles. The van der Waals surface area contributed by atoms with Gasteiger partial charge in [0, 0.05) is 54.7 Å². The van der Waals surface area contributed by atoms with Crippen LogP contribution in [0, 0.1) is 11.3 Å². The number of nitrogens with zero attached hydrogens (tertiary/aromatic N) is 3. The Morgan fingerprint density at radius 2 is 2.00 bits per heavy atom. The maximum atomic E-state index is 4.70. The van der Waals surface area contributed by atoms with E-state index in [1.165, 1.54) is 34.6 Å². The van der Waals surface area contributed by atoms with Crippen molar-refractivity contribution in [2.24, 2.45) is 11.3 Å². The first kappa shape index (κ1) is 18.7. The number of fused-ring (bicyclic) bond motifs is 2. The van der Waals surface area contributed by atoms with Gasteiger partial charge in [-0.15, -0.1) is 0 Å². The van der Waals surface area contributed by atoms with Gasteiger partial charge in [0.2, 0.25) is 0 Å². The van der Waals surface area contributed by atoms with E-state index in [4.69, 9.17) is 5.10 Å². The summed E-state index contributed by atoms with van der Waals surface area (Å²) in [4.78, 5) is 8.56. The molecule has 2 aromatic rings. The van der Waals surface area contributed by atoms with E-state index in [0.29, 0.717) is 11.3 Å². The molecule has 5 heteroatoms. The topological polar surface area (TPSA) is 51.0 Å². The van der Waals surface area contributed by atoms with Crippen LogP contribution >= 0.6 is 0 Å². The minimum absolute atomic E-state index is 0.366. The van der Waals surface area contributed by atoms with Crippen LogP contribution < -0.4 is 0 Å². The highest BCUT2D eigenvalue weighted by Crippen LogP contribution is 2.39. The van der Waals surface area contributed by atoms with Gasteiger partial charge in [0.25, 0.3) is 0 Å². The van der Waals surface area contributed by atoms with Crippen LogP contribution in [0.3, 0.4) is 0 Å². The van der Waals surface area contributed by atoms with Crippen LogP contribution in [0.1, 0.15) is 42.8 Å². The number of nitrogens with one attached hydrogen (secondary N) is 2. The number of likely N-dealkylation sites (N-methyl/N-ethyl adjacent to an activating group) is 1. The third-order valence-electron chi connectivity index (χ3n) is 7.12. The van der Waals surface area contributed by atoms with Gasteiger partial charge >= 0.3 is 0 Å². The molecule has 1 fully saturated rings. The van der Waals surface area contributed by atoms with Gasteiger partial charge in [-0.1, -0.05) is 32.6 Å². The zero-order valence-electron chi connectivity index (χ0n) is 18.0. The van der Waals surface area contributed by atoms with Crippen molar-refractivity contribution in [3.8, 4) is 11.4 Å². The van der Waals surface area contributed by atoms with Crippen molar-refractivity contribution < 1.29 is 0 Å². The smallest absolute Gasteiger partial charge is 0.112 e. The summed E-state index contributed by atoms with van der Waals surface area (Å²) in [5, 5.41) is 8.02. The molecule has 0 spiro atoms. The Labute approximate surface area is 173 Å². The van der Waals surface area contributed by atoms with Gasteiger partial charge in [0.15, 0.2) is 0 Å². The lowest BCUT2D eigenvalue weighted by molar-refractivity contribution is 0.177. The minimum atomic E-state index is 0.366. The number of hydrogen-bond donors (Lipinski definition) is 2. The third kappa shape index (κ3) is 3.46. The van der Waals surface area contributed by atoms with E-state index in [0.717, 1.165) is 56.8 Å². The summed E-state index contributed by atoms with van der Waals surface area (Å²) in [5.41, 5.74) is 9.24. The van der Waals surface area contributed by atoms with Crippen molar-refractivity contribution in [2.45, 2.75) is 39.5 Å². The Kier molecular flexibility index (Phi) is 4.46. The predicted octanol–water partition coefficient (Wildman–Crippen LogP) is 3.87. The van der Waals surface area contributed by atoms with Crippen LogP contribution in [0.5, 0.6) is 0 Å². The SMILES string of the molecule is C=C(C1C=Cc2cc(-c3n[nH]c4c3CCC(C)(C)C4)[nH]c2C1)N1CCN(C)CC1. The second-order valence-electron chi connectivity index (χ2n) is 9.94. The monoisotopic (exact) mass is 391 g/mol. The predicted molar refractivity (Wildman–Crippen MR) is 119 cm³/mol. The van der Waals surface area contributed by atoms with Gasteiger partial charge < -0.3 is 14.8 Å². The zero-order chi connectivity index (χ0) is 20.2. The molecule has 1 saturated heterocycles. The Bertz CT molecular complexity index is 952. The Hall–Kier alpha value is -2.27. The number of H-pyrrole nitrogens is 2. The molecule has 1 aliphatic heterocycles. The zero-order valence-corrected chi connectivity index (χ0v) is 18.0. The molecule has 154 valence electrons. The summed E-state index contributed by atoms with van der Waals surface area (Å²) < 4.78 is 0. The van der Waals surface area contributed by atoms with E-state index in [2.05, 4.69) is 65.6 Å². The van der Waals surface area contributed by atoms with Crippen LogP contribution in [0.2, 0.25) is 0 Å². The average Bonchev–Trinajstić information content (AvgIpc) is 3.29. The summed E-state index contributed by atoms with van der Waals surface area (Å²) in [5.74, 6) is 0.381. The molecule has 5 nitrogen and oxygen atoms in total. The molecule has 0 bridgehead atoms. The maximum absolute atomic E-state index is 4.70. The Morgan fingerprint density at radius 1 is 1.21 bits per heavy atom. The molecule has 0 saturated carbocycles. The van der Waals surface area contributed by atoms with Gasteiger partial charge in [-0.25, -0.2) is 0 Å². The van der Waals surface area contributed by atoms with Crippen LogP contribution in [-0.2, 0) is 19.3 Å². The van der Waals surface area contributed by atoms with E-state index < -0.39 is 0 Å². The first-order valence-corrected chi connectivity index (χ1v) is 11.0. The lowest BCUT2D eigenvalue weighted by Gasteiger charge is -2.37. The fraction of sp³-hybridized carbons (Fsp3) is 0.542. The summed E-state index contributed by atoms with van der Waals surface area (Å²) in [6.07, 6.45) is 9.02. The van der Waals surface area contributed by atoms with E-state index >= 15 is 0 Å². The van der Waals surface area contributed by atoms with Crippen LogP contribution in [0.4, 0.5) is 0 Å². The highest BCUT2D eigenvalue weighted by molar-refractivity contribution is 5.68. The van der Waals surface area contributed by atoms with Gasteiger partial charge in [-0.05, 0) is 49.8 Å². The van der Waals surface area contributed by atoms with Gasteiger partial charge in [-0.2, -0.15) is 5.10 Å². The van der Waals surface area contributed by atoms with E-state index in [-0.39, 0.29) is 0 Å². The summed E-state index contributed by atoms with van der Waals surface area (Å²) in [6.45, 7) is 13.6. The highest BCUT2D eigenvalue weighted by atomic mass is 15.3. The Balaban J connectivity index is 1.34. The molecule has 0 radical (unpaired) electrons. The molecular weight excluding hydrogens is 358 g/mol. The van der Waals surface area contributed by atoms with Crippen molar-refractivity contribution >= 4 is 6.08 Å². The summed E-state index contributed by atoms with van der Waals surface area (Å²) >= 11 is 0. The number of aromatic amines is 2. The van der Waals surface area contributed by atoms with Crippen molar-refractivity contribution in [3.63, 3.8) is 0 Å². The number of piperazine rings is 1. The second kappa shape index (κ2) is 6.91. The van der Waals surface area contributed by atoms with Gasteiger partial charge in [-0.3, -0.25) is 5.10 Å². The second-order valence-corrected chi connectivity index (χ2v) is 9.94. The van der Waals surface area contributed by atoms with Crippen LogP contribution in [-0.4, -0.2) is 58.2 Å². The average molecular weight is 392 g/mol. The quantitative estimate of drug-likeness (QED) is 0.835. The Morgan fingerprint density at radius 3 is 2.79 bits per heavy atom. The number of rotatable bonds is 3. The fourth-order valence-corrected chi connectivity index (χ4v) is 5.09. The molecule has 29 heavy (non-hydrogen) atoms.